The Morgan fingerprint density at radius 3 is 3.06 bits per heavy atom. The summed E-state index contributed by atoms with van der Waals surface area (Å²) in [7, 11) is 1.66. The van der Waals surface area contributed by atoms with Crippen molar-refractivity contribution >= 4 is 11.5 Å². The molecule has 3 aliphatic rings. The van der Waals surface area contributed by atoms with Gasteiger partial charge in [-0.1, -0.05) is 0 Å². The molecule has 0 amide bonds. The third kappa shape index (κ3) is 1.28. The second-order valence-corrected chi connectivity index (χ2v) is 4.27. The molecule has 0 N–H and O–H groups in total. The molecular weight excluding hydrogens is 202 g/mol. The van der Waals surface area contributed by atoms with Gasteiger partial charge in [-0.3, -0.25) is 4.79 Å². The maximum Gasteiger partial charge on any atom is 0.181 e. The second-order valence-electron chi connectivity index (χ2n) is 4.27. The first-order valence-electron chi connectivity index (χ1n) is 5.58. The molecule has 16 heavy (non-hydrogen) atoms. The molecule has 2 aliphatic carbocycles. The van der Waals surface area contributed by atoms with Crippen molar-refractivity contribution in [3.63, 3.8) is 0 Å². The topological polar surface area (TPSA) is 38.7 Å². The van der Waals surface area contributed by atoms with Crippen LogP contribution in [0, 0.1) is 5.92 Å². The number of hydrogen-bond donors (Lipinski definition) is 0. The lowest BCUT2D eigenvalue weighted by molar-refractivity contribution is -0.116. The summed E-state index contributed by atoms with van der Waals surface area (Å²) in [6, 6.07) is 0. The van der Waals surface area contributed by atoms with Crippen molar-refractivity contribution in [2.24, 2.45) is 10.9 Å². The second kappa shape index (κ2) is 3.44. The van der Waals surface area contributed by atoms with Crippen molar-refractivity contribution in [2.75, 3.05) is 7.11 Å². The van der Waals surface area contributed by atoms with Gasteiger partial charge in [0.1, 0.15) is 11.5 Å². The number of carbonyl (C=O) groups is 1. The van der Waals surface area contributed by atoms with Crippen LogP contribution in [0.5, 0.6) is 0 Å². The lowest BCUT2D eigenvalue weighted by Crippen LogP contribution is -2.15. The molecule has 82 valence electrons. The van der Waals surface area contributed by atoms with Gasteiger partial charge in [0.05, 0.1) is 12.8 Å². The number of carbonyl (C=O) groups excluding carboxylic acids is 1. The molecule has 0 bridgehead atoms. The van der Waals surface area contributed by atoms with Crippen LogP contribution < -0.4 is 0 Å². The first-order valence-corrected chi connectivity index (χ1v) is 5.58. The van der Waals surface area contributed by atoms with E-state index in [1.54, 1.807) is 7.11 Å². The first kappa shape index (κ1) is 9.58. The molecular formula is C13H13NO2. The Morgan fingerprint density at radius 2 is 2.25 bits per heavy atom. The molecule has 0 saturated heterocycles. The minimum atomic E-state index is 0.180. The van der Waals surface area contributed by atoms with Crippen LogP contribution in [-0.2, 0) is 9.53 Å². The predicted octanol–water partition coefficient (Wildman–Crippen LogP) is 2.16. The Hall–Kier alpha value is -1.64. The smallest absolute Gasteiger partial charge is 0.181 e. The highest BCUT2D eigenvalue weighted by Crippen LogP contribution is 2.38. The summed E-state index contributed by atoms with van der Waals surface area (Å²) >= 11 is 0. The fraction of sp³-hybridized carbons (Fsp3) is 0.385. The summed E-state index contributed by atoms with van der Waals surface area (Å²) in [5.41, 5.74) is 2.88. The van der Waals surface area contributed by atoms with E-state index in [4.69, 9.17) is 4.74 Å². The number of ether oxygens (including phenoxy) is 1. The summed E-state index contributed by atoms with van der Waals surface area (Å²) in [5.74, 6) is 1.24. The van der Waals surface area contributed by atoms with E-state index in [1.165, 1.54) is 5.57 Å². The zero-order valence-corrected chi connectivity index (χ0v) is 9.19. The highest BCUT2D eigenvalue weighted by Gasteiger charge is 2.33. The van der Waals surface area contributed by atoms with Crippen molar-refractivity contribution in [2.45, 2.75) is 19.3 Å². The summed E-state index contributed by atoms with van der Waals surface area (Å²) in [6.07, 6.45) is 8.50. The van der Waals surface area contributed by atoms with Crippen LogP contribution >= 0.6 is 0 Å². The minimum absolute atomic E-state index is 0.180. The molecule has 3 rings (SSSR count). The number of methoxy groups -OCH3 is 1. The van der Waals surface area contributed by atoms with E-state index in [9.17, 15) is 4.79 Å². The van der Waals surface area contributed by atoms with Gasteiger partial charge in [0.15, 0.2) is 5.78 Å². The van der Waals surface area contributed by atoms with Gasteiger partial charge in [0.2, 0.25) is 0 Å². The average molecular weight is 215 g/mol. The van der Waals surface area contributed by atoms with E-state index < -0.39 is 0 Å². The number of Topliss-reactive ketones (excluding diaryl/α,β-unsaturated/α-hetero) is 1. The van der Waals surface area contributed by atoms with Crippen molar-refractivity contribution in [3.05, 3.63) is 35.3 Å². The van der Waals surface area contributed by atoms with Crippen LogP contribution in [0.15, 0.2) is 40.2 Å². The molecule has 1 atom stereocenters. The number of allylic oxidation sites excluding steroid dienone is 5. The molecule has 0 spiro atoms. The number of fused-ring (bicyclic) bond motifs is 2. The molecule has 0 saturated carbocycles. The van der Waals surface area contributed by atoms with Crippen molar-refractivity contribution in [3.8, 4) is 0 Å². The van der Waals surface area contributed by atoms with Gasteiger partial charge < -0.3 is 4.74 Å². The van der Waals surface area contributed by atoms with Gasteiger partial charge in [-0.15, -0.1) is 0 Å². The van der Waals surface area contributed by atoms with Crippen LogP contribution in [0.3, 0.4) is 0 Å². The largest absolute Gasteiger partial charge is 0.497 e. The minimum Gasteiger partial charge on any atom is -0.497 e. The molecule has 0 aromatic rings. The fourth-order valence-corrected chi connectivity index (χ4v) is 2.52. The molecule has 1 heterocycles. The van der Waals surface area contributed by atoms with Crippen molar-refractivity contribution in [1.29, 1.82) is 0 Å². The van der Waals surface area contributed by atoms with E-state index in [0.29, 0.717) is 12.1 Å². The van der Waals surface area contributed by atoms with E-state index >= 15 is 0 Å². The Kier molecular flexibility index (Phi) is 2.06. The fourth-order valence-electron chi connectivity index (χ4n) is 2.52. The highest BCUT2D eigenvalue weighted by atomic mass is 16.5. The number of ketones is 1. The Balaban J connectivity index is 2.03. The summed E-state index contributed by atoms with van der Waals surface area (Å²) in [6.45, 7) is 0. The Morgan fingerprint density at radius 1 is 1.38 bits per heavy atom. The number of aliphatic imine (C=N–C) groups is 1. The summed E-state index contributed by atoms with van der Waals surface area (Å²) in [4.78, 5) is 16.2. The van der Waals surface area contributed by atoms with Gasteiger partial charge in [-0.05, 0) is 36.6 Å². The maximum absolute atomic E-state index is 11.7. The average Bonchev–Trinajstić information content (AvgIpc) is 2.68. The van der Waals surface area contributed by atoms with Crippen LogP contribution in [0.4, 0.5) is 0 Å². The van der Waals surface area contributed by atoms with E-state index in [0.717, 1.165) is 24.3 Å². The quantitative estimate of drug-likeness (QED) is 0.672. The number of nitrogens with zero attached hydrogens (tertiary/aromatic N) is 1. The van der Waals surface area contributed by atoms with Crippen molar-refractivity contribution < 1.29 is 9.53 Å². The lowest BCUT2D eigenvalue weighted by Gasteiger charge is -2.18. The van der Waals surface area contributed by atoms with Gasteiger partial charge in [-0.25, -0.2) is 4.99 Å². The van der Waals surface area contributed by atoms with Gasteiger partial charge in [0, 0.05) is 12.3 Å². The molecule has 1 aliphatic heterocycles. The van der Waals surface area contributed by atoms with Gasteiger partial charge >= 0.3 is 0 Å². The molecule has 0 fully saturated rings. The first-order chi connectivity index (χ1) is 7.79. The van der Waals surface area contributed by atoms with Crippen LogP contribution in [0.1, 0.15) is 19.3 Å². The van der Waals surface area contributed by atoms with Gasteiger partial charge in [0.25, 0.3) is 0 Å². The zero-order valence-electron chi connectivity index (χ0n) is 9.19. The monoisotopic (exact) mass is 215 g/mol. The van der Waals surface area contributed by atoms with E-state index in [-0.39, 0.29) is 11.7 Å². The third-order valence-electron chi connectivity index (χ3n) is 3.34. The maximum atomic E-state index is 11.7. The third-order valence-corrected chi connectivity index (χ3v) is 3.34. The zero-order chi connectivity index (χ0) is 11.1. The lowest BCUT2D eigenvalue weighted by atomic mass is 9.85. The molecule has 0 unspecified atom stereocenters. The standard InChI is InChI=1S/C13H13NO2/c1-16-8-5-6-11-10(7-8)9-3-2-4-12(15)13(9)14-11/h5-7,10H,2-4H2,1H3/t10-/m0/s1. The Bertz CT molecular complexity index is 480. The number of hydrogen-bond acceptors (Lipinski definition) is 3. The van der Waals surface area contributed by atoms with E-state index in [2.05, 4.69) is 11.1 Å². The molecule has 0 aromatic heterocycles. The molecule has 3 nitrogen and oxygen atoms in total. The SMILES string of the molecule is COC1=C[C@@H]2C(=NC3=C2CCCC3=O)C=C1. The Labute approximate surface area is 94.2 Å². The summed E-state index contributed by atoms with van der Waals surface area (Å²) < 4.78 is 5.22. The van der Waals surface area contributed by atoms with Crippen molar-refractivity contribution in [1.82, 2.24) is 0 Å². The molecule has 3 heteroatoms. The van der Waals surface area contributed by atoms with Crippen LogP contribution in [-0.4, -0.2) is 18.6 Å². The summed E-state index contributed by atoms with van der Waals surface area (Å²) in [5, 5.41) is 0. The molecule has 0 radical (unpaired) electrons. The van der Waals surface area contributed by atoms with Crippen LogP contribution in [0.2, 0.25) is 0 Å². The molecule has 0 aromatic carbocycles. The van der Waals surface area contributed by atoms with E-state index in [1.807, 2.05) is 12.2 Å². The highest BCUT2D eigenvalue weighted by molar-refractivity contribution is 6.10. The van der Waals surface area contributed by atoms with Crippen LogP contribution in [0.25, 0.3) is 0 Å². The predicted molar refractivity (Wildman–Crippen MR) is 61.0 cm³/mol. The normalized spacial score (nSPS) is 27.3. The van der Waals surface area contributed by atoms with Gasteiger partial charge in [-0.2, -0.15) is 0 Å². The number of rotatable bonds is 1.